The second kappa shape index (κ2) is 6.75. The van der Waals surface area contributed by atoms with Gasteiger partial charge in [-0.2, -0.15) is 0 Å². The Hall–Kier alpha value is -0.0800. The van der Waals surface area contributed by atoms with Crippen LogP contribution in [0.3, 0.4) is 0 Å². The zero-order valence-electron chi connectivity index (χ0n) is 12.6. The molecule has 17 heavy (non-hydrogen) atoms. The van der Waals surface area contributed by atoms with Gasteiger partial charge < -0.3 is 10.2 Å². The predicted molar refractivity (Wildman–Crippen MR) is 76.4 cm³/mol. The molecule has 1 saturated carbocycles. The summed E-state index contributed by atoms with van der Waals surface area (Å²) >= 11 is 0. The van der Waals surface area contributed by atoms with Gasteiger partial charge in [-0.15, -0.1) is 0 Å². The number of hydrogen-bond donors (Lipinski definition) is 1. The van der Waals surface area contributed by atoms with Crippen molar-refractivity contribution >= 4 is 0 Å². The molecular weight excluding hydrogens is 208 g/mol. The molecule has 0 saturated heterocycles. The minimum atomic E-state index is 0.351. The lowest BCUT2D eigenvalue weighted by Crippen LogP contribution is -2.46. The molecule has 0 aromatic heterocycles. The molecule has 1 fully saturated rings. The third-order valence-corrected chi connectivity index (χ3v) is 4.40. The number of nitrogens with one attached hydrogen (secondary N) is 1. The summed E-state index contributed by atoms with van der Waals surface area (Å²) in [5.41, 5.74) is 0.351. The molecule has 0 bridgehead atoms. The average molecular weight is 240 g/mol. The highest BCUT2D eigenvalue weighted by atomic mass is 15.1. The van der Waals surface area contributed by atoms with Gasteiger partial charge in [-0.1, -0.05) is 33.6 Å². The summed E-state index contributed by atoms with van der Waals surface area (Å²) in [6, 6.07) is 0.582. The summed E-state index contributed by atoms with van der Waals surface area (Å²) in [6.45, 7) is 12.8. The fraction of sp³-hybridized carbons (Fsp3) is 1.00. The summed E-state index contributed by atoms with van der Waals surface area (Å²) < 4.78 is 0. The molecule has 1 N–H and O–H groups in total. The molecule has 1 rings (SSSR count). The summed E-state index contributed by atoms with van der Waals surface area (Å²) in [6.07, 6.45) is 5.81. The van der Waals surface area contributed by atoms with Crippen LogP contribution >= 0.6 is 0 Å². The van der Waals surface area contributed by atoms with Gasteiger partial charge in [0.15, 0.2) is 0 Å². The summed E-state index contributed by atoms with van der Waals surface area (Å²) in [4.78, 5) is 2.55. The highest BCUT2D eigenvalue weighted by molar-refractivity contribution is 4.83. The maximum atomic E-state index is 3.56. The van der Waals surface area contributed by atoms with Crippen LogP contribution in [0.1, 0.15) is 53.4 Å². The topological polar surface area (TPSA) is 15.3 Å². The zero-order chi connectivity index (χ0) is 12.9. The van der Waals surface area contributed by atoms with Crippen LogP contribution in [0.15, 0.2) is 0 Å². The van der Waals surface area contributed by atoms with Gasteiger partial charge in [0, 0.05) is 19.1 Å². The highest BCUT2D eigenvalue weighted by Crippen LogP contribution is 2.27. The van der Waals surface area contributed by atoms with Crippen LogP contribution in [0.25, 0.3) is 0 Å². The Morgan fingerprint density at radius 2 is 1.88 bits per heavy atom. The highest BCUT2D eigenvalue weighted by Gasteiger charge is 2.27. The van der Waals surface area contributed by atoms with Gasteiger partial charge in [0.1, 0.15) is 0 Å². The molecule has 0 radical (unpaired) electrons. The molecule has 0 spiro atoms. The van der Waals surface area contributed by atoms with Crippen LogP contribution in [0.5, 0.6) is 0 Å². The van der Waals surface area contributed by atoms with Gasteiger partial charge in [-0.05, 0) is 44.7 Å². The first kappa shape index (κ1) is 15.0. The van der Waals surface area contributed by atoms with Gasteiger partial charge in [-0.25, -0.2) is 0 Å². The average Bonchev–Trinajstić information content (AvgIpc) is 2.69. The Labute approximate surface area is 108 Å². The van der Waals surface area contributed by atoms with Crippen molar-refractivity contribution in [1.29, 1.82) is 0 Å². The lowest BCUT2D eigenvalue weighted by atomic mass is 9.84. The SMILES string of the molecule is CCNC(C)C(C)(C)CN(C)CC1CCCC1. The second-order valence-electron chi connectivity index (χ2n) is 6.62. The van der Waals surface area contributed by atoms with E-state index in [-0.39, 0.29) is 0 Å². The smallest absolute Gasteiger partial charge is 0.0102 e. The fourth-order valence-electron chi connectivity index (χ4n) is 3.11. The number of hydrogen-bond acceptors (Lipinski definition) is 2. The van der Waals surface area contributed by atoms with Crippen molar-refractivity contribution in [2.45, 2.75) is 59.4 Å². The van der Waals surface area contributed by atoms with E-state index in [1.165, 1.54) is 38.8 Å². The van der Waals surface area contributed by atoms with Gasteiger partial charge in [0.2, 0.25) is 0 Å². The van der Waals surface area contributed by atoms with Crippen molar-refractivity contribution in [3.05, 3.63) is 0 Å². The molecule has 0 aliphatic heterocycles. The van der Waals surface area contributed by atoms with Crippen molar-refractivity contribution < 1.29 is 0 Å². The van der Waals surface area contributed by atoms with Gasteiger partial charge in [-0.3, -0.25) is 0 Å². The monoisotopic (exact) mass is 240 g/mol. The summed E-state index contributed by atoms with van der Waals surface area (Å²) in [5.74, 6) is 0.963. The van der Waals surface area contributed by atoms with Gasteiger partial charge >= 0.3 is 0 Å². The van der Waals surface area contributed by atoms with E-state index in [1.807, 2.05) is 0 Å². The Kier molecular flexibility index (Phi) is 5.94. The maximum Gasteiger partial charge on any atom is 0.0102 e. The Morgan fingerprint density at radius 1 is 1.29 bits per heavy atom. The second-order valence-corrected chi connectivity index (χ2v) is 6.62. The molecule has 0 heterocycles. The van der Waals surface area contributed by atoms with Crippen molar-refractivity contribution in [1.82, 2.24) is 10.2 Å². The van der Waals surface area contributed by atoms with E-state index in [2.05, 4.69) is 45.0 Å². The van der Waals surface area contributed by atoms with E-state index in [0.717, 1.165) is 12.5 Å². The quantitative estimate of drug-likeness (QED) is 0.735. The van der Waals surface area contributed by atoms with Crippen molar-refractivity contribution in [2.24, 2.45) is 11.3 Å². The standard InChI is InChI=1S/C15H32N2/c1-6-16-13(2)15(3,4)12-17(5)11-14-9-7-8-10-14/h13-14,16H,6-12H2,1-5H3. The molecule has 1 atom stereocenters. The third kappa shape index (κ3) is 4.97. The van der Waals surface area contributed by atoms with E-state index in [1.54, 1.807) is 0 Å². The Balaban J connectivity index is 2.34. The minimum absolute atomic E-state index is 0.351. The Bertz CT molecular complexity index is 207. The minimum Gasteiger partial charge on any atom is -0.314 e. The molecule has 1 aliphatic carbocycles. The van der Waals surface area contributed by atoms with Gasteiger partial charge in [0.25, 0.3) is 0 Å². The van der Waals surface area contributed by atoms with Crippen molar-refractivity contribution in [2.75, 3.05) is 26.7 Å². The van der Waals surface area contributed by atoms with E-state index in [4.69, 9.17) is 0 Å². The lowest BCUT2D eigenvalue weighted by molar-refractivity contribution is 0.151. The fourth-order valence-corrected chi connectivity index (χ4v) is 3.11. The van der Waals surface area contributed by atoms with Crippen molar-refractivity contribution in [3.8, 4) is 0 Å². The molecule has 1 unspecified atom stereocenters. The van der Waals surface area contributed by atoms with Crippen LogP contribution in [-0.2, 0) is 0 Å². The van der Waals surface area contributed by atoms with E-state index < -0.39 is 0 Å². The Morgan fingerprint density at radius 3 is 2.41 bits per heavy atom. The van der Waals surface area contributed by atoms with Crippen LogP contribution in [-0.4, -0.2) is 37.6 Å². The van der Waals surface area contributed by atoms with E-state index in [0.29, 0.717) is 11.5 Å². The molecule has 2 nitrogen and oxygen atoms in total. The van der Waals surface area contributed by atoms with Crippen LogP contribution in [0, 0.1) is 11.3 Å². The molecule has 2 heteroatoms. The van der Waals surface area contributed by atoms with Gasteiger partial charge in [0.05, 0.1) is 0 Å². The molecule has 0 aromatic rings. The summed E-state index contributed by atoms with van der Waals surface area (Å²) in [5, 5.41) is 3.56. The molecule has 0 aromatic carbocycles. The number of rotatable bonds is 7. The van der Waals surface area contributed by atoms with E-state index >= 15 is 0 Å². The predicted octanol–water partition coefficient (Wildman–Crippen LogP) is 3.13. The summed E-state index contributed by atoms with van der Waals surface area (Å²) in [7, 11) is 2.29. The van der Waals surface area contributed by atoms with Crippen LogP contribution in [0.4, 0.5) is 0 Å². The molecule has 1 aliphatic rings. The largest absolute Gasteiger partial charge is 0.314 e. The lowest BCUT2D eigenvalue weighted by Gasteiger charge is -2.36. The number of nitrogens with zero attached hydrogens (tertiary/aromatic N) is 1. The van der Waals surface area contributed by atoms with E-state index in [9.17, 15) is 0 Å². The normalized spacial score (nSPS) is 20.1. The van der Waals surface area contributed by atoms with Crippen LogP contribution < -0.4 is 5.32 Å². The first-order chi connectivity index (χ1) is 7.95. The molecular formula is C15H32N2. The zero-order valence-corrected chi connectivity index (χ0v) is 12.6. The third-order valence-electron chi connectivity index (χ3n) is 4.40. The van der Waals surface area contributed by atoms with Crippen molar-refractivity contribution in [3.63, 3.8) is 0 Å². The molecule has 0 amide bonds. The van der Waals surface area contributed by atoms with Crippen LogP contribution in [0.2, 0.25) is 0 Å². The first-order valence-electron chi connectivity index (χ1n) is 7.37. The maximum absolute atomic E-state index is 3.56. The molecule has 102 valence electrons. The first-order valence-corrected chi connectivity index (χ1v) is 7.37.